The Morgan fingerprint density at radius 2 is 2.50 bits per heavy atom. The highest BCUT2D eigenvalue weighted by molar-refractivity contribution is 7.12. The van der Waals surface area contributed by atoms with Gasteiger partial charge < -0.3 is 5.73 Å². The number of carbonyl (C=O) groups is 1. The van der Waals surface area contributed by atoms with E-state index in [1.165, 1.54) is 11.3 Å². The minimum atomic E-state index is -0.311. The van der Waals surface area contributed by atoms with Crippen molar-refractivity contribution >= 4 is 17.1 Å². The van der Waals surface area contributed by atoms with Crippen molar-refractivity contribution in [2.75, 3.05) is 0 Å². The van der Waals surface area contributed by atoms with Gasteiger partial charge in [-0.15, -0.1) is 11.3 Å². The molecule has 0 amide bonds. The first-order chi connectivity index (χ1) is 5.75. The predicted octanol–water partition coefficient (Wildman–Crippen LogP) is 2.06. The molecule has 0 aliphatic heterocycles. The molecule has 0 saturated heterocycles. The van der Waals surface area contributed by atoms with Crippen molar-refractivity contribution in [3.8, 4) is 0 Å². The zero-order chi connectivity index (χ0) is 8.97. The van der Waals surface area contributed by atoms with E-state index in [4.69, 9.17) is 5.73 Å². The maximum atomic E-state index is 11.5. The van der Waals surface area contributed by atoms with E-state index >= 15 is 0 Å². The summed E-state index contributed by atoms with van der Waals surface area (Å²) < 4.78 is 0. The third kappa shape index (κ3) is 2.16. The van der Waals surface area contributed by atoms with Gasteiger partial charge in [-0.1, -0.05) is 19.4 Å². The van der Waals surface area contributed by atoms with Gasteiger partial charge in [0, 0.05) is 0 Å². The van der Waals surface area contributed by atoms with E-state index in [1.807, 2.05) is 24.4 Å². The molecular formula is C9H13NOS. The fourth-order valence-electron chi connectivity index (χ4n) is 1.04. The smallest absolute Gasteiger partial charge is 0.189 e. The predicted molar refractivity (Wildman–Crippen MR) is 51.5 cm³/mol. The van der Waals surface area contributed by atoms with Gasteiger partial charge in [0.15, 0.2) is 5.78 Å². The molecule has 1 heterocycles. The molecule has 0 aliphatic carbocycles. The molecule has 1 aromatic rings. The average molecular weight is 183 g/mol. The minimum absolute atomic E-state index is 0.0758. The lowest BCUT2D eigenvalue weighted by atomic mass is 10.1. The molecule has 1 atom stereocenters. The Morgan fingerprint density at radius 3 is 3.00 bits per heavy atom. The molecule has 0 bridgehead atoms. The summed E-state index contributed by atoms with van der Waals surface area (Å²) in [6.45, 7) is 2.03. The maximum absolute atomic E-state index is 11.5. The molecule has 12 heavy (non-hydrogen) atoms. The number of ketones is 1. The number of thiophene rings is 1. The van der Waals surface area contributed by atoms with E-state index in [-0.39, 0.29) is 11.8 Å². The van der Waals surface area contributed by atoms with Crippen molar-refractivity contribution < 1.29 is 4.79 Å². The normalized spacial score (nSPS) is 12.8. The van der Waals surface area contributed by atoms with Crippen molar-refractivity contribution in [3.63, 3.8) is 0 Å². The standard InChI is InChI=1S/C9H13NOS/c1-2-4-7(10)9(11)8-5-3-6-12-8/h3,5-7H,2,4,10H2,1H3. The van der Waals surface area contributed by atoms with Crippen molar-refractivity contribution in [1.82, 2.24) is 0 Å². The van der Waals surface area contributed by atoms with Gasteiger partial charge in [-0.05, 0) is 17.9 Å². The van der Waals surface area contributed by atoms with Crippen LogP contribution in [0.25, 0.3) is 0 Å². The van der Waals surface area contributed by atoms with Gasteiger partial charge in [0.05, 0.1) is 10.9 Å². The summed E-state index contributed by atoms with van der Waals surface area (Å²) in [5.41, 5.74) is 5.68. The first-order valence-electron chi connectivity index (χ1n) is 4.09. The minimum Gasteiger partial charge on any atom is -0.321 e. The molecule has 1 rings (SSSR count). The Hall–Kier alpha value is -0.670. The number of hydrogen-bond donors (Lipinski definition) is 1. The molecule has 0 fully saturated rings. The lowest BCUT2D eigenvalue weighted by molar-refractivity contribution is 0.0961. The van der Waals surface area contributed by atoms with Crippen LogP contribution in [0.2, 0.25) is 0 Å². The highest BCUT2D eigenvalue weighted by atomic mass is 32.1. The van der Waals surface area contributed by atoms with Crippen LogP contribution >= 0.6 is 11.3 Å². The molecule has 1 unspecified atom stereocenters. The number of Topliss-reactive ketones (excluding diaryl/α,β-unsaturated/α-hetero) is 1. The van der Waals surface area contributed by atoms with Crippen LogP contribution in [0.1, 0.15) is 29.4 Å². The highest BCUT2D eigenvalue weighted by Crippen LogP contribution is 2.12. The van der Waals surface area contributed by atoms with E-state index in [0.717, 1.165) is 17.7 Å². The number of rotatable bonds is 4. The first kappa shape index (κ1) is 9.42. The second kappa shape index (κ2) is 4.38. The van der Waals surface area contributed by atoms with E-state index in [2.05, 4.69) is 0 Å². The fourth-order valence-corrected chi connectivity index (χ4v) is 1.77. The molecule has 2 nitrogen and oxygen atoms in total. The Bertz CT molecular complexity index is 243. The van der Waals surface area contributed by atoms with Crippen LogP contribution in [0.5, 0.6) is 0 Å². The van der Waals surface area contributed by atoms with Crippen LogP contribution in [-0.4, -0.2) is 11.8 Å². The molecule has 0 saturated carbocycles. The van der Waals surface area contributed by atoms with E-state index in [1.54, 1.807) is 0 Å². The van der Waals surface area contributed by atoms with Crippen LogP contribution in [0.4, 0.5) is 0 Å². The lowest BCUT2D eigenvalue weighted by Gasteiger charge is -2.06. The Kier molecular flexibility index (Phi) is 3.44. The van der Waals surface area contributed by atoms with Gasteiger partial charge in [0.2, 0.25) is 0 Å². The summed E-state index contributed by atoms with van der Waals surface area (Å²) in [7, 11) is 0. The third-order valence-electron chi connectivity index (χ3n) is 1.70. The van der Waals surface area contributed by atoms with Gasteiger partial charge >= 0.3 is 0 Å². The maximum Gasteiger partial charge on any atom is 0.189 e. The van der Waals surface area contributed by atoms with Crippen LogP contribution in [0, 0.1) is 0 Å². The summed E-state index contributed by atoms with van der Waals surface area (Å²) in [6.07, 6.45) is 1.73. The molecule has 2 N–H and O–H groups in total. The summed E-state index contributed by atoms with van der Waals surface area (Å²) in [4.78, 5) is 12.3. The highest BCUT2D eigenvalue weighted by Gasteiger charge is 2.14. The van der Waals surface area contributed by atoms with Crippen LogP contribution < -0.4 is 5.73 Å². The molecule has 0 aromatic carbocycles. The van der Waals surface area contributed by atoms with Crippen molar-refractivity contribution in [1.29, 1.82) is 0 Å². The molecule has 0 aliphatic rings. The van der Waals surface area contributed by atoms with E-state index < -0.39 is 0 Å². The average Bonchev–Trinajstić information content (AvgIpc) is 2.55. The molecule has 1 aromatic heterocycles. The van der Waals surface area contributed by atoms with Gasteiger partial charge in [-0.3, -0.25) is 4.79 Å². The lowest BCUT2D eigenvalue weighted by Crippen LogP contribution is -2.29. The molecule has 0 spiro atoms. The van der Waals surface area contributed by atoms with Crippen molar-refractivity contribution in [3.05, 3.63) is 22.4 Å². The van der Waals surface area contributed by atoms with E-state index in [0.29, 0.717) is 0 Å². The molecule has 66 valence electrons. The summed E-state index contributed by atoms with van der Waals surface area (Å²) in [5.74, 6) is 0.0758. The quantitative estimate of drug-likeness (QED) is 0.726. The monoisotopic (exact) mass is 183 g/mol. The Balaban J connectivity index is 2.59. The SMILES string of the molecule is CCCC(N)C(=O)c1cccs1. The summed E-state index contributed by atoms with van der Waals surface area (Å²) >= 11 is 1.46. The zero-order valence-corrected chi connectivity index (χ0v) is 7.93. The van der Waals surface area contributed by atoms with Crippen LogP contribution in [0.15, 0.2) is 17.5 Å². The van der Waals surface area contributed by atoms with Gasteiger partial charge in [0.25, 0.3) is 0 Å². The second-order valence-electron chi connectivity index (χ2n) is 2.74. The third-order valence-corrected chi connectivity index (χ3v) is 2.58. The molecular weight excluding hydrogens is 170 g/mol. The number of carbonyl (C=O) groups excluding carboxylic acids is 1. The van der Waals surface area contributed by atoms with Crippen LogP contribution in [-0.2, 0) is 0 Å². The largest absolute Gasteiger partial charge is 0.321 e. The van der Waals surface area contributed by atoms with Crippen LogP contribution in [0.3, 0.4) is 0 Å². The zero-order valence-electron chi connectivity index (χ0n) is 7.12. The fraction of sp³-hybridized carbons (Fsp3) is 0.444. The first-order valence-corrected chi connectivity index (χ1v) is 4.97. The molecule has 3 heteroatoms. The summed E-state index contributed by atoms with van der Waals surface area (Å²) in [6, 6.07) is 3.38. The van der Waals surface area contributed by atoms with Crippen molar-refractivity contribution in [2.24, 2.45) is 5.73 Å². The topological polar surface area (TPSA) is 43.1 Å². The number of hydrogen-bond acceptors (Lipinski definition) is 3. The van der Waals surface area contributed by atoms with E-state index in [9.17, 15) is 4.79 Å². The van der Waals surface area contributed by atoms with Gasteiger partial charge in [-0.25, -0.2) is 0 Å². The van der Waals surface area contributed by atoms with Crippen molar-refractivity contribution in [2.45, 2.75) is 25.8 Å². The van der Waals surface area contributed by atoms with Gasteiger partial charge in [-0.2, -0.15) is 0 Å². The Labute approximate surface area is 76.4 Å². The molecule has 0 radical (unpaired) electrons. The van der Waals surface area contributed by atoms with Gasteiger partial charge in [0.1, 0.15) is 0 Å². The Morgan fingerprint density at radius 1 is 1.75 bits per heavy atom. The second-order valence-corrected chi connectivity index (χ2v) is 3.68. The number of nitrogens with two attached hydrogens (primary N) is 1. The summed E-state index contributed by atoms with van der Waals surface area (Å²) in [5, 5.41) is 1.89.